The molecule has 6 nitrogen and oxygen atoms in total. The molecule has 2 aromatic carbocycles. The van der Waals surface area contributed by atoms with Crippen LogP contribution >= 0.6 is 0 Å². The first-order valence-electron chi connectivity index (χ1n) is 11.5. The van der Waals surface area contributed by atoms with Crippen molar-refractivity contribution in [2.24, 2.45) is 0 Å². The monoisotopic (exact) mass is 435 g/mol. The predicted molar refractivity (Wildman–Crippen MR) is 124 cm³/mol. The van der Waals surface area contributed by atoms with Gasteiger partial charge in [-0.15, -0.1) is 0 Å². The molecule has 2 aliphatic rings. The molecule has 0 aromatic heterocycles. The van der Waals surface area contributed by atoms with Crippen LogP contribution in [0.3, 0.4) is 0 Å². The van der Waals surface area contributed by atoms with Gasteiger partial charge in [0.1, 0.15) is 6.04 Å². The molecular formula is C26H33N3O3. The van der Waals surface area contributed by atoms with Gasteiger partial charge in [0, 0.05) is 25.7 Å². The summed E-state index contributed by atoms with van der Waals surface area (Å²) in [6, 6.07) is 16.2. The van der Waals surface area contributed by atoms with Crippen LogP contribution in [-0.2, 0) is 40.3 Å². The quantitative estimate of drug-likeness (QED) is 0.707. The van der Waals surface area contributed by atoms with Crippen LogP contribution < -0.4 is 5.32 Å². The van der Waals surface area contributed by atoms with Crippen LogP contribution in [0.5, 0.6) is 0 Å². The van der Waals surface area contributed by atoms with E-state index in [1.165, 1.54) is 23.8 Å². The lowest BCUT2D eigenvalue weighted by Crippen LogP contribution is -2.51. The number of rotatable bonds is 6. The number of hydrogen-bond acceptors (Lipinski definition) is 5. The van der Waals surface area contributed by atoms with Gasteiger partial charge in [0.2, 0.25) is 5.91 Å². The summed E-state index contributed by atoms with van der Waals surface area (Å²) < 4.78 is 5.06. The topological polar surface area (TPSA) is 61.9 Å². The number of carbonyl (C=O) groups is 2. The van der Waals surface area contributed by atoms with Crippen LogP contribution in [0, 0.1) is 0 Å². The fraction of sp³-hybridized carbons (Fsp3) is 0.462. The summed E-state index contributed by atoms with van der Waals surface area (Å²) in [6.45, 7) is 4.20. The second-order valence-corrected chi connectivity index (χ2v) is 8.98. The summed E-state index contributed by atoms with van der Waals surface area (Å²) in [6.07, 6.45) is 2.28. The molecule has 6 heteroatoms. The summed E-state index contributed by atoms with van der Waals surface area (Å²) >= 11 is 0. The highest BCUT2D eigenvalue weighted by Gasteiger charge is 2.39. The Morgan fingerprint density at radius 1 is 1.03 bits per heavy atom. The largest absolute Gasteiger partial charge is 0.468 e. The minimum Gasteiger partial charge on any atom is -0.468 e. The van der Waals surface area contributed by atoms with Crippen molar-refractivity contribution in [1.82, 2.24) is 15.1 Å². The smallest absolute Gasteiger partial charge is 0.323 e. The average molecular weight is 436 g/mol. The van der Waals surface area contributed by atoms with Crippen LogP contribution in [0.1, 0.15) is 35.6 Å². The highest BCUT2D eigenvalue weighted by atomic mass is 16.5. The van der Waals surface area contributed by atoms with Gasteiger partial charge in [-0.1, -0.05) is 55.5 Å². The number of likely N-dealkylation sites (N-methyl/N-ethyl adjacent to an activating group) is 1. The number of methoxy groups -OCH3 is 1. The molecule has 2 aliphatic heterocycles. The summed E-state index contributed by atoms with van der Waals surface area (Å²) in [5.74, 6) is -0.208. The third kappa shape index (κ3) is 4.87. The van der Waals surface area contributed by atoms with Crippen molar-refractivity contribution < 1.29 is 14.3 Å². The minimum atomic E-state index is -0.346. The minimum absolute atomic E-state index is 0.0322. The highest BCUT2D eigenvalue weighted by molar-refractivity contribution is 5.83. The van der Waals surface area contributed by atoms with Crippen molar-refractivity contribution in [3.63, 3.8) is 0 Å². The van der Waals surface area contributed by atoms with E-state index >= 15 is 0 Å². The van der Waals surface area contributed by atoms with Gasteiger partial charge in [0.15, 0.2) is 0 Å². The first kappa shape index (κ1) is 22.5. The second-order valence-electron chi connectivity index (χ2n) is 8.98. The van der Waals surface area contributed by atoms with Crippen molar-refractivity contribution in [1.29, 1.82) is 0 Å². The zero-order valence-corrected chi connectivity index (χ0v) is 19.2. The molecule has 2 heterocycles. The van der Waals surface area contributed by atoms with Crippen molar-refractivity contribution in [2.75, 3.05) is 20.7 Å². The number of amides is 1. The van der Waals surface area contributed by atoms with Crippen molar-refractivity contribution in [3.05, 3.63) is 70.8 Å². The molecule has 2 aromatic rings. The number of likely N-dealkylation sites (tertiary alicyclic amines) is 1. The summed E-state index contributed by atoms with van der Waals surface area (Å²) in [5.41, 5.74) is 4.97. The number of aryl methyl sites for hydroxylation is 1. The van der Waals surface area contributed by atoms with E-state index in [1.54, 1.807) is 0 Å². The van der Waals surface area contributed by atoms with E-state index < -0.39 is 0 Å². The maximum atomic E-state index is 13.2. The zero-order valence-electron chi connectivity index (χ0n) is 19.2. The average Bonchev–Trinajstić information content (AvgIpc) is 3.20. The van der Waals surface area contributed by atoms with Crippen LogP contribution in [-0.4, -0.2) is 60.5 Å². The molecule has 4 rings (SSSR count). The first-order chi connectivity index (χ1) is 15.5. The van der Waals surface area contributed by atoms with Gasteiger partial charge >= 0.3 is 5.97 Å². The Kier molecular flexibility index (Phi) is 6.92. The molecule has 1 saturated heterocycles. The van der Waals surface area contributed by atoms with Crippen molar-refractivity contribution in [2.45, 2.75) is 57.4 Å². The van der Waals surface area contributed by atoms with Gasteiger partial charge in [0.25, 0.3) is 0 Å². The van der Waals surface area contributed by atoms with Crippen LogP contribution in [0.4, 0.5) is 0 Å². The Labute approximate surface area is 190 Å². The number of hydrogen-bond donors (Lipinski definition) is 1. The van der Waals surface area contributed by atoms with E-state index in [1.807, 2.05) is 19.2 Å². The van der Waals surface area contributed by atoms with Gasteiger partial charge in [-0.2, -0.15) is 0 Å². The number of ether oxygens (including phenoxy) is 1. The molecule has 32 heavy (non-hydrogen) atoms. The van der Waals surface area contributed by atoms with Gasteiger partial charge in [-0.25, -0.2) is 0 Å². The third-order valence-electron chi connectivity index (χ3n) is 6.83. The maximum absolute atomic E-state index is 13.2. The second kappa shape index (κ2) is 9.84. The number of nitrogens with zero attached hydrogens (tertiary/aromatic N) is 2. The number of nitrogens with one attached hydrogen (secondary N) is 1. The molecule has 1 N–H and O–H groups in total. The Morgan fingerprint density at radius 3 is 2.41 bits per heavy atom. The zero-order chi connectivity index (χ0) is 22.7. The normalized spacial score (nSPS) is 23.5. The van der Waals surface area contributed by atoms with E-state index in [9.17, 15) is 9.59 Å². The van der Waals surface area contributed by atoms with E-state index in [0.717, 1.165) is 18.5 Å². The predicted octanol–water partition coefficient (Wildman–Crippen LogP) is 2.54. The summed E-state index contributed by atoms with van der Waals surface area (Å²) in [5, 5.41) is 3.22. The summed E-state index contributed by atoms with van der Waals surface area (Å²) in [4.78, 5) is 29.9. The molecule has 0 saturated carbocycles. The van der Waals surface area contributed by atoms with Crippen LogP contribution in [0.15, 0.2) is 48.5 Å². The molecule has 0 unspecified atom stereocenters. The van der Waals surface area contributed by atoms with E-state index in [0.29, 0.717) is 25.9 Å². The Morgan fingerprint density at radius 2 is 1.72 bits per heavy atom. The molecule has 1 amide bonds. The lowest BCUT2D eigenvalue weighted by Gasteiger charge is -2.33. The lowest BCUT2D eigenvalue weighted by molar-refractivity contribution is -0.146. The molecule has 3 atom stereocenters. The number of carbonyl (C=O) groups excluding carboxylic acids is 2. The first-order valence-corrected chi connectivity index (χ1v) is 11.5. The van der Waals surface area contributed by atoms with Crippen LogP contribution in [0.2, 0.25) is 0 Å². The third-order valence-corrected chi connectivity index (χ3v) is 6.83. The lowest BCUT2D eigenvalue weighted by atomic mass is 9.94. The summed E-state index contributed by atoms with van der Waals surface area (Å²) in [7, 11) is 3.43. The molecule has 1 fully saturated rings. The Hall–Kier alpha value is -2.70. The number of esters is 1. The van der Waals surface area contributed by atoms with Crippen molar-refractivity contribution >= 4 is 11.9 Å². The van der Waals surface area contributed by atoms with Gasteiger partial charge in [-0.3, -0.25) is 19.4 Å². The highest BCUT2D eigenvalue weighted by Crippen LogP contribution is 2.25. The molecule has 0 bridgehead atoms. The Bertz CT molecular complexity index is 959. The van der Waals surface area contributed by atoms with Gasteiger partial charge in [0.05, 0.1) is 13.2 Å². The number of fused-ring (bicyclic) bond motifs is 1. The van der Waals surface area contributed by atoms with Gasteiger partial charge in [-0.05, 0) is 48.6 Å². The fourth-order valence-electron chi connectivity index (χ4n) is 4.92. The van der Waals surface area contributed by atoms with Crippen molar-refractivity contribution in [3.8, 4) is 0 Å². The Balaban J connectivity index is 1.42. The standard InChI is InChI=1S/C26H33N3O3/c1-4-18-9-11-19(12-10-18)15-29-17-22(14-24(29)26(31)32-3)27-25(30)23-13-20-7-5-6-8-21(20)16-28(23)2/h5-12,22-24H,4,13-17H2,1-3H3,(H,27,30)/t22-,23+,24-/m0/s1. The van der Waals surface area contributed by atoms with E-state index in [2.05, 4.69) is 58.4 Å². The molecule has 0 spiro atoms. The molecular weight excluding hydrogens is 402 g/mol. The SMILES string of the molecule is CCc1ccc(CN2C[C@@H](NC(=O)[C@H]3Cc4ccccc4CN3C)C[C@H]2C(=O)OC)cc1. The van der Waals surface area contributed by atoms with E-state index in [4.69, 9.17) is 4.74 Å². The molecule has 0 radical (unpaired) electrons. The van der Waals surface area contributed by atoms with Crippen LogP contribution in [0.25, 0.3) is 0 Å². The number of benzene rings is 2. The van der Waals surface area contributed by atoms with Gasteiger partial charge < -0.3 is 10.1 Å². The molecule has 0 aliphatic carbocycles. The van der Waals surface area contributed by atoms with E-state index in [-0.39, 0.29) is 30.0 Å². The maximum Gasteiger partial charge on any atom is 0.323 e. The fourth-order valence-corrected chi connectivity index (χ4v) is 4.92. The molecule has 170 valence electrons.